The Kier molecular flexibility index (Phi) is 6.39. The van der Waals surface area contributed by atoms with Gasteiger partial charge in [-0.15, -0.1) is 11.6 Å². The summed E-state index contributed by atoms with van der Waals surface area (Å²) in [6, 6.07) is 3.57. The number of carbonyl (C=O) groups is 1. The number of urea groups is 1. The van der Waals surface area contributed by atoms with Crippen molar-refractivity contribution in [3.8, 4) is 5.75 Å². The lowest BCUT2D eigenvalue weighted by molar-refractivity contribution is 0.252. The van der Waals surface area contributed by atoms with E-state index in [0.29, 0.717) is 12.4 Å². The summed E-state index contributed by atoms with van der Waals surface area (Å²) in [6.07, 6.45) is 0. The van der Waals surface area contributed by atoms with Gasteiger partial charge in [-0.2, -0.15) is 0 Å². The van der Waals surface area contributed by atoms with Gasteiger partial charge in [0.05, 0.1) is 10.7 Å². The Labute approximate surface area is 138 Å². The van der Waals surface area contributed by atoms with Crippen LogP contribution in [0.5, 0.6) is 5.75 Å². The molecule has 4 nitrogen and oxygen atoms in total. The lowest BCUT2D eigenvalue weighted by Gasteiger charge is -2.24. The number of ether oxygens (including phenoxy) is 1. The van der Waals surface area contributed by atoms with Crippen LogP contribution in [0.4, 0.5) is 10.5 Å². The second-order valence-electron chi connectivity index (χ2n) is 5.36. The second-order valence-corrected chi connectivity index (χ2v) is 6.90. The molecule has 0 heterocycles. The van der Waals surface area contributed by atoms with Crippen LogP contribution in [0.3, 0.4) is 0 Å². The molecule has 0 aromatic heterocycles. The summed E-state index contributed by atoms with van der Waals surface area (Å²) in [5.41, 5.74) is 1.72. The lowest BCUT2D eigenvalue weighted by Crippen LogP contribution is -2.30. The first kappa shape index (κ1) is 17.4. The highest BCUT2D eigenvalue weighted by molar-refractivity contribution is 14.1. The molecule has 6 heteroatoms. The maximum absolute atomic E-state index is 11.7. The molecule has 0 saturated heterocycles. The number of alkyl halides is 1. The van der Waals surface area contributed by atoms with Crippen molar-refractivity contribution in [3.63, 3.8) is 0 Å². The van der Waals surface area contributed by atoms with Crippen molar-refractivity contribution in [1.82, 2.24) is 5.32 Å². The van der Waals surface area contributed by atoms with Gasteiger partial charge in [0.25, 0.3) is 0 Å². The molecular formula is C14H20ClIN2O2. The highest BCUT2D eigenvalue weighted by Gasteiger charge is 2.22. The van der Waals surface area contributed by atoms with E-state index >= 15 is 0 Å². The third-order valence-corrected chi connectivity index (χ3v) is 3.68. The van der Waals surface area contributed by atoms with Crippen molar-refractivity contribution in [2.45, 2.75) is 26.2 Å². The van der Waals surface area contributed by atoms with Gasteiger partial charge in [0, 0.05) is 23.7 Å². The van der Waals surface area contributed by atoms with Crippen LogP contribution < -0.4 is 15.4 Å². The minimum absolute atomic E-state index is 0.0738. The number of nitrogens with one attached hydrogen (secondary N) is 2. The quantitative estimate of drug-likeness (QED) is 0.583. The van der Waals surface area contributed by atoms with Crippen molar-refractivity contribution in [1.29, 1.82) is 0 Å². The fourth-order valence-electron chi connectivity index (χ4n) is 1.77. The number of carbonyl (C=O) groups excluding carboxylic acids is 1. The third kappa shape index (κ3) is 4.70. The molecule has 0 aliphatic heterocycles. The van der Waals surface area contributed by atoms with Gasteiger partial charge in [-0.1, -0.05) is 20.8 Å². The first-order valence-electron chi connectivity index (χ1n) is 6.28. The molecule has 0 bridgehead atoms. The maximum Gasteiger partial charge on any atom is 0.319 e. The molecule has 1 aromatic carbocycles. The standard InChI is InChI=1S/C14H20ClIN2O2/c1-14(2,3)10-7-9(8-11(16)12(10)20-4)18-13(19)17-6-5-15/h7-8H,5-6H2,1-4H3,(H2,17,18,19). The molecule has 0 spiro atoms. The summed E-state index contributed by atoms with van der Waals surface area (Å²) in [4.78, 5) is 11.7. The fraction of sp³-hybridized carbons (Fsp3) is 0.500. The maximum atomic E-state index is 11.7. The van der Waals surface area contributed by atoms with Crippen molar-refractivity contribution in [2.75, 3.05) is 24.9 Å². The summed E-state index contributed by atoms with van der Waals surface area (Å²) < 4.78 is 6.44. The van der Waals surface area contributed by atoms with E-state index in [2.05, 4.69) is 54.0 Å². The van der Waals surface area contributed by atoms with Crippen LogP contribution in [0.25, 0.3) is 0 Å². The van der Waals surface area contributed by atoms with Gasteiger partial charge in [-0.3, -0.25) is 0 Å². The molecule has 0 saturated carbocycles. The van der Waals surface area contributed by atoms with E-state index in [9.17, 15) is 4.79 Å². The zero-order valence-electron chi connectivity index (χ0n) is 12.1. The van der Waals surface area contributed by atoms with E-state index in [1.165, 1.54) is 0 Å². The zero-order valence-corrected chi connectivity index (χ0v) is 15.1. The third-order valence-electron chi connectivity index (χ3n) is 2.69. The van der Waals surface area contributed by atoms with Crippen LogP contribution in [0.15, 0.2) is 12.1 Å². The van der Waals surface area contributed by atoms with Crippen molar-refractivity contribution in [2.24, 2.45) is 0 Å². The largest absolute Gasteiger partial charge is 0.495 e. The van der Waals surface area contributed by atoms with Crippen LogP contribution >= 0.6 is 34.2 Å². The predicted molar refractivity (Wildman–Crippen MR) is 92.2 cm³/mol. The number of hydrogen-bond acceptors (Lipinski definition) is 2. The average Bonchev–Trinajstić information content (AvgIpc) is 2.34. The van der Waals surface area contributed by atoms with Crippen LogP contribution in [-0.4, -0.2) is 25.6 Å². The smallest absolute Gasteiger partial charge is 0.319 e. The highest BCUT2D eigenvalue weighted by Crippen LogP contribution is 2.37. The Hall–Kier alpha value is -0.690. The summed E-state index contributed by atoms with van der Waals surface area (Å²) in [7, 11) is 1.66. The van der Waals surface area contributed by atoms with Crippen LogP contribution in [0.2, 0.25) is 0 Å². The first-order valence-corrected chi connectivity index (χ1v) is 7.89. The Balaban J connectivity index is 3.05. The molecule has 1 aromatic rings. The number of halogens is 2. The van der Waals surface area contributed by atoms with E-state index < -0.39 is 0 Å². The molecule has 20 heavy (non-hydrogen) atoms. The molecule has 2 N–H and O–H groups in total. The van der Waals surface area contributed by atoms with E-state index in [1.54, 1.807) is 7.11 Å². The van der Waals surface area contributed by atoms with Gasteiger partial charge >= 0.3 is 6.03 Å². The molecule has 0 unspecified atom stereocenters. The number of benzene rings is 1. The minimum atomic E-state index is -0.258. The van der Waals surface area contributed by atoms with E-state index in [4.69, 9.17) is 16.3 Å². The van der Waals surface area contributed by atoms with Gasteiger partial charge in [0.15, 0.2) is 0 Å². The number of methoxy groups -OCH3 is 1. The van der Waals surface area contributed by atoms with Gasteiger partial charge < -0.3 is 15.4 Å². The SMILES string of the molecule is COc1c(I)cc(NC(=O)NCCCl)cc1C(C)(C)C. The summed E-state index contributed by atoms with van der Waals surface area (Å²) >= 11 is 7.75. The predicted octanol–water partition coefficient (Wildman–Crippen LogP) is 3.96. The Morgan fingerprint density at radius 2 is 2.05 bits per heavy atom. The van der Waals surface area contributed by atoms with Crippen molar-refractivity contribution < 1.29 is 9.53 Å². The summed E-state index contributed by atoms with van der Waals surface area (Å²) in [6.45, 7) is 6.77. The summed E-state index contributed by atoms with van der Waals surface area (Å²) in [5.74, 6) is 1.24. The second kappa shape index (κ2) is 7.36. The zero-order chi connectivity index (χ0) is 15.3. The topological polar surface area (TPSA) is 50.4 Å². The molecule has 0 aliphatic rings. The number of amides is 2. The van der Waals surface area contributed by atoms with E-state index in [0.717, 1.165) is 20.6 Å². The van der Waals surface area contributed by atoms with E-state index in [-0.39, 0.29) is 11.4 Å². The molecule has 0 aliphatic carbocycles. The molecule has 112 valence electrons. The van der Waals surface area contributed by atoms with Gasteiger partial charge in [0.2, 0.25) is 0 Å². The molecular weight excluding hydrogens is 391 g/mol. The minimum Gasteiger partial charge on any atom is -0.495 e. The number of rotatable bonds is 4. The van der Waals surface area contributed by atoms with Crippen LogP contribution in [-0.2, 0) is 5.41 Å². The number of anilines is 1. The number of hydrogen-bond donors (Lipinski definition) is 2. The normalized spacial score (nSPS) is 11.1. The highest BCUT2D eigenvalue weighted by atomic mass is 127. The average molecular weight is 411 g/mol. The molecule has 0 radical (unpaired) electrons. The summed E-state index contributed by atoms with van der Waals surface area (Å²) in [5, 5.41) is 5.48. The van der Waals surface area contributed by atoms with Crippen molar-refractivity contribution in [3.05, 3.63) is 21.3 Å². The molecule has 2 amide bonds. The molecule has 0 fully saturated rings. The first-order chi connectivity index (χ1) is 9.29. The Morgan fingerprint density at radius 1 is 1.40 bits per heavy atom. The van der Waals surface area contributed by atoms with Gasteiger partial charge in [-0.05, 0) is 40.1 Å². The van der Waals surface area contributed by atoms with Crippen molar-refractivity contribution >= 4 is 45.9 Å². The molecule has 1 rings (SSSR count). The monoisotopic (exact) mass is 410 g/mol. The Bertz CT molecular complexity index is 487. The molecule has 0 atom stereocenters. The van der Waals surface area contributed by atoms with Crippen LogP contribution in [0.1, 0.15) is 26.3 Å². The lowest BCUT2D eigenvalue weighted by atomic mass is 9.86. The van der Waals surface area contributed by atoms with E-state index in [1.807, 2.05) is 12.1 Å². The van der Waals surface area contributed by atoms with Gasteiger partial charge in [0.1, 0.15) is 5.75 Å². The van der Waals surface area contributed by atoms with Crippen LogP contribution in [0, 0.1) is 3.57 Å². The Morgan fingerprint density at radius 3 is 2.55 bits per heavy atom. The van der Waals surface area contributed by atoms with Gasteiger partial charge in [-0.25, -0.2) is 4.79 Å². The fourth-order valence-corrected chi connectivity index (χ4v) is 2.71.